The summed E-state index contributed by atoms with van der Waals surface area (Å²) >= 11 is 1.89. The summed E-state index contributed by atoms with van der Waals surface area (Å²) in [5, 5.41) is 9.58. The minimum absolute atomic E-state index is 0.130. The van der Waals surface area contributed by atoms with Gasteiger partial charge in [0.1, 0.15) is 11.2 Å². The molecule has 10 aromatic carbocycles. The van der Waals surface area contributed by atoms with Gasteiger partial charge in [0.25, 0.3) is 0 Å². The molecule has 0 unspecified atom stereocenters. The predicted molar refractivity (Wildman–Crippen MR) is 265 cm³/mol. The highest BCUT2D eigenvalue weighted by Gasteiger charge is 2.36. The first kappa shape index (κ1) is 35.3. The standard InChI is InChI=1S/C59H39NOS/c1-59(2)51-26-12-10-21-43(51)44-31-30-37(34-52(44)59)60(36-16-4-3-5-17-36)53-27-15-28-54-56(53)50-35-49(40-20-8-9-23-46(40)57(50)61-54)42-33-32-41(38-18-6-7-19-39(38)42)47-24-14-25-48-45-22-11-13-29-55(45)62-58(47)48/h3-35H,1-2H3. The third-order valence-electron chi connectivity index (χ3n) is 13.5. The number of hydrogen-bond acceptors (Lipinski definition) is 3. The normalized spacial score (nSPS) is 13.1. The van der Waals surface area contributed by atoms with Crippen molar-refractivity contribution in [2.24, 2.45) is 0 Å². The zero-order valence-corrected chi connectivity index (χ0v) is 35.1. The lowest BCUT2D eigenvalue weighted by Gasteiger charge is -2.28. The molecule has 2 nitrogen and oxygen atoms in total. The number of rotatable bonds is 5. The van der Waals surface area contributed by atoms with E-state index in [0.29, 0.717) is 0 Å². The monoisotopic (exact) mass is 809 g/mol. The van der Waals surface area contributed by atoms with E-state index in [1.54, 1.807) is 0 Å². The minimum atomic E-state index is -0.130. The Labute approximate surface area is 363 Å². The van der Waals surface area contributed by atoms with Crippen LogP contribution in [-0.2, 0) is 5.41 Å². The maximum Gasteiger partial charge on any atom is 0.143 e. The molecule has 62 heavy (non-hydrogen) atoms. The Kier molecular flexibility index (Phi) is 7.56. The van der Waals surface area contributed by atoms with Gasteiger partial charge in [0.05, 0.1) is 11.1 Å². The van der Waals surface area contributed by atoms with E-state index in [0.717, 1.165) is 44.4 Å². The molecule has 0 atom stereocenters. The van der Waals surface area contributed by atoms with Gasteiger partial charge in [0.15, 0.2) is 0 Å². The molecular weight excluding hydrogens is 771 g/mol. The summed E-state index contributed by atoms with van der Waals surface area (Å²) in [7, 11) is 0. The molecule has 0 spiro atoms. The van der Waals surface area contributed by atoms with Gasteiger partial charge < -0.3 is 9.32 Å². The van der Waals surface area contributed by atoms with Crippen LogP contribution in [0.15, 0.2) is 205 Å². The van der Waals surface area contributed by atoms with Crippen molar-refractivity contribution in [2.45, 2.75) is 19.3 Å². The molecule has 0 bridgehead atoms. The van der Waals surface area contributed by atoms with Gasteiger partial charge in [-0.3, -0.25) is 0 Å². The average molecular weight is 810 g/mol. The largest absolute Gasteiger partial charge is 0.455 e. The fourth-order valence-electron chi connectivity index (χ4n) is 10.6. The Morgan fingerprint density at radius 1 is 0.403 bits per heavy atom. The number of para-hydroxylation sites is 1. The molecule has 292 valence electrons. The average Bonchev–Trinajstić information content (AvgIpc) is 3.97. The summed E-state index contributed by atoms with van der Waals surface area (Å²) in [6.45, 7) is 4.71. The summed E-state index contributed by atoms with van der Waals surface area (Å²) in [4.78, 5) is 2.42. The molecule has 0 radical (unpaired) electrons. The van der Waals surface area contributed by atoms with Crippen LogP contribution in [0.4, 0.5) is 17.1 Å². The van der Waals surface area contributed by atoms with Crippen LogP contribution in [0.2, 0.25) is 0 Å². The topological polar surface area (TPSA) is 16.4 Å². The van der Waals surface area contributed by atoms with Gasteiger partial charge in [-0.05, 0) is 104 Å². The zero-order chi connectivity index (χ0) is 41.1. The number of furan rings is 1. The molecule has 0 N–H and O–H groups in total. The van der Waals surface area contributed by atoms with Crippen LogP contribution in [-0.4, -0.2) is 0 Å². The van der Waals surface area contributed by atoms with Gasteiger partial charge in [-0.2, -0.15) is 0 Å². The highest BCUT2D eigenvalue weighted by molar-refractivity contribution is 7.26. The van der Waals surface area contributed by atoms with E-state index in [2.05, 4.69) is 219 Å². The van der Waals surface area contributed by atoms with Gasteiger partial charge in [0, 0.05) is 53.3 Å². The van der Waals surface area contributed by atoms with Gasteiger partial charge in [-0.1, -0.05) is 166 Å². The van der Waals surface area contributed by atoms with Gasteiger partial charge in [0.2, 0.25) is 0 Å². The van der Waals surface area contributed by atoms with Crippen LogP contribution in [0.3, 0.4) is 0 Å². The third-order valence-corrected chi connectivity index (χ3v) is 14.7. The smallest absolute Gasteiger partial charge is 0.143 e. The molecule has 1 aliphatic carbocycles. The fourth-order valence-corrected chi connectivity index (χ4v) is 11.8. The van der Waals surface area contributed by atoms with Crippen molar-refractivity contribution in [3.8, 4) is 33.4 Å². The first-order chi connectivity index (χ1) is 30.5. The molecular formula is C59H39NOS. The molecule has 0 aliphatic heterocycles. The van der Waals surface area contributed by atoms with E-state index < -0.39 is 0 Å². The summed E-state index contributed by atoms with van der Waals surface area (Å²) in [6.07, 6.45) is 0. The lowest BCUT2D eigenvalue weighted by atomic mass is 9.82. The van der Waals surface area contributed by atoms with Crippen molar-refractivity contribution in [3.63, 3.8) is 0 Å². The maximum absolute atomic E-state index is 6.97. The van der Waals surface area contributed by atoms with Crippen molar-refractivity contribution in [2.75, 3.05) is 4.90 Å². The first-order valence-corrected chi connectivity index (χ1v) is 22.2. The van der Waals surface area contributed by atoms with E-state index in [1.165, 1.54) is 80.8 Å². The molecule has 0 saturated heterocycles. The Bertz CT molecular complexity index is 3790. The summed E-state index contributed by atoms with van der Waals surface area (Å²) in [5.41, 5.74) is 15.2. The Morgan fingerprint density at radius 3 is 1.81 bits per heavy atom. The number of benzene rings is 10. The van der Waals surface area contributed by atoms with E-state index in [-0.39, 0.29) is 5.41 Å². The van der Waals surface area contributed by atoms with Crippen LogP contribution in [0.25, 0.3) is 97.0 Å². The van der Waals surface area contributed by atoms with Crippen LogP contribution in [0.1, 0.15) is 25.0 Å². The molecule has 2 aromatic heterocycles. The minimum Gasteiger partial charge on any atom is -0.455 e. The quantitative estimate of drug-likeness (QED) is 0.172. The van der Waals surface area contributed by atoms with Gasteiger partial charge in [-0.25, -0.2) is 0 Å². The van der Waals surface area contributed by atoms with Crippen molar-refractivity contribution in [3.05, 3.63) is 211 Å². The van der Waals surface area contributed by atoms with Crippen LogP contribution in [0.5, 0.6) is 0 Å². The van der Waals surface area contributed by atoms with Crippen LogP contribution < -0.4 is 4.90 Å². The SMILES string of the molecule is CC1(C)c2ccccc2-c2ccc(N(c3ccccc3)c3cccc4oc5c6ccccc6c(-c6ccc(-c7cccc8c7sc7ccccc78)c7ccccc67)cc5c34)cc21. The summed E-state index contributed by atoms with van der Waals surface area (Å²) < 4.78 is 9.62. The lowest BCUT2D eigenvalue weighted by Crippen LogP contribution is -2.16. The summed E-state index contributed by atoms with van der Waals surface area (Å²) in [5.74, 6) is 0. The van der Waals surface area contributed by atoms with Gasteiger partial charge in [-0.15, -0.1) is 11.3 Å². The van der Waals surface area contributed by atoms with Gasteiger partial charge >= 0.3 is 0 Å². The maximum atomic E-state index is 6.97. The highest BCUT2D eigenvalue weighted by atomic mass is 32.1. The number of fused-ring (bicyclic) bond motifs is 12. The van der Waals surface area contributed by atoms with Crippen molar-refractivity contribution in [1.29, 1.82) is 0 Å². The molecule has 0 amide bonds. The van der Waals surface area contributed by atoms with Crippen LogP contribution >= 0.6 is 11.3 Å². The Morgan fingerprint density at radius 2 is 1.00 bits per heavy atom. The predicted octanol–water partition coefficient (Wildman–Crippen LogP) is 17.4. The number of anilines is 3. The van der Waals surface area contributed by atoms with Crippen LogP contribution in [0, 0.1) is 0 Å². The van der Waals surface area contributed by atoms with Crippen molar-refractivity contribution < 1.29 is 4.42 Å². The Balaban J connectivity index is 1.05. The first-order valence-electron chi connectivity index (χ1n) is 21.4. The molecule has 3 heteroatoms. The highest BCUT2D eigenvalue weighted by Crippen LogP contribution is 2.52. The number of nitrogens with zero attached hydrogens (tertiary/aromatic N) is 1. The molecule has 13 rings (SSSR count). The summed E-state index contributed by atoms with van der Waals surface area (Å²) in [6, 6.07) is 73.5. The molecule has 0 fully saturated rings. The molecule has 1 aliphatic rings. The second-order valence-corrected chi connectivity index (χ2v) is 18.2. The zero-order valence-electron chi connectivity index (χ0n) is 34.3. The molecule has 2 heterocycles. The van der Waals surface area contributed by atoms with Crippen molar-refractivity contribution >= 4 is 92.1 Å². The van der Waals surface area contributed by atoms with E-state index >= 15 is 0 Å². The molecule has 12 aromatic rings. The van der Waals surface area contributed by atoms with Crippen molar-refractivity contribution in [1.82, 2.24) is 0 Å². The van der Waals surface area contributed by atoms with E-state index in [1.807, 2.05) is 11.3 Å². The number of thiophene rings is 1. The number of hydrogen-bond donors (Lipinski definition) is 0. The lowest BCUT2D eigenvalue weighted by molar-refractivity contribution is 0.660. The fraction of sp³-hybridized carbons (Fsp3) is 0.0508. The third kappa shape index (κ3) is 5.03. The van der Waals surface area contributed by atoms with E-state index in [9.17, 15) is 0 Å². The second kappa shape index (κ2) is 13.3. The van der Waals surface area contributed by atoms with E-state index in [4.69, 9.17) is 4.42 Å². The Hall–Kier alpha value is -7.46. The molecule has 0 saturated carbocycles. The second-order valence-electron chi connectivity index (χ2n) is 17.2.